The summed E-state index contributed by atoms with van der Waals surface area (Å²) in [5, 5.41) is 0. The molecule has 1 unspecified atom stereocenters. The molecule has 4 aliphatic rings. The Kier molecular flexibility index (Phi) is 5.87. The van der Waals surface area contributed by atoms with Gasteiger partial charge in [0, 0.05) is 12.3 Å². The van der Waals surface area contributed by atoms with Crippen molar-refractivity contribution in [3.05, 3.63) is 0 Å². The van der Waals surface area contributed by atoms with Crippen molar-refractivity contribution in [1.29, 1.82) is 0 Å². The lowest BCUT2D eigenvalue weighted by molar-refractivity contribution is -0.173. The smallest absolute Gasteiger partial charge is 0.307 e. The molecule has 4 rings (SSSR count). The van der Waals surface area contributed by atoms with Gasteiger partial charge in [0.2, 0.25) is 0 Å². The van der Waals surface area contributed by atoms with Gasteiger partial charge in [0.05, 0.1) is 6.10 Å². The molecule has 0 amide bonds. The predicted octanol–water partition coefficient (Wildman–Crippen LogP) is 5.53. The summed E-state index contributed by atoms with van der Waals surface area (Å²) < 4.78 is 11.1. The molecule has 0 bridgehead atoms. The molecule has 0 spiro atoms. The van der Waals surface area contributed by atoms with E-state index in [2.05, 4.69) is 13.8 Å². The maximum absolute atomic E-state index is 12.3. The Bertz CT molecular complexity index is 645. The van der Waals surface area contributed by atoms with Crippen LogP contribution in [-0.4, -0.2) is 24.6 Å². The van der Waals surface area contributed by atoms with Crippen LogP contribution in [0.3, 0.4) is 0 Å². The zero-order valence-corrected chi connectivity index (χ0v) is 18.9. The van der Waals surface area contributed by atoms with E-state index in [4.69, 9.17) is 9.47 Å². The fraction of sp³-hybridized carbons (Fsp3) is 0.920. The lowest BCUT2D eigenvalue weighted by Crippen LogP contribution is -2.54. The van der Waals surface area contributed by atoms with Crippen LogP contribution in [0.1, 0.15) is 91.9 Å². The molecule has 164 valence electrons. The van der Waals surface area contributed by atoms with Crippen LogP contribution in [0, 0.1) is 40.4 Å². The highest BCUT2D eigenvalue weighted by Gasteiger charge is 2.60. The van der Waals surface area contributed by atoms with Crippen LogP contribution in [0.2, 0.25) is 0 Å². The van der Waals surface area contributed by atoms with Crippen LogP contribution in [-0.2, 0) is 19.1 Å². The highest BCUT2D eigenvalue weighted by atomic mass is 16.7. The molecule has 0 aromatic rings. The number of ketones is 1. The number of fused-ring (bicyclic) bond motifs is 5. The number of ether oxygens (including phenoxy) is 2. The highest BCUT2D eigenvalue weighted by molar-refractivity contribution is 5.79. The van der Waals surface area contributed by atoms with Gasteiger partial charge in [-0.3, -0.25) is 9.59 Å². The van der Waals surface area contributed by atoms with E-state index in [1.807, 2.05) is 13.8 Å². The number of esters is 1. The summed E-state index contributed by atoms with van der Waals surface area (Å²) in [6, 6.07) is 0. The molecule has 4 fully saturated rings. The van der Waals surface area contributed by atoms with Gasteiger partial charge in [-0.2, -0.15) is 0 Å². The third-order valence-electron chi connectivity index (χ3n) is 9.92. The number of hydrogen-bond donors (Lipinski definition) is 0. The molecule has 29 heavy (non-hydrogen) atoms. The summed E-state index contributed by atoms with van der Waals surface area (Å²) in [6.07, 6.45) is 11.6. The molecular weight excluding hydrogens is 364 g/mol. The summed E-state index contributed by atoms with van der Waals surface area (Å²) in [6.45, 7) is 8.73. The van der Waals surface area contributed by atoms with Crippen molar-refractivity contribution in [1.82, 2.24) is 0 Å². The minimum atomic E-state index is -0.183. The molecule has 8 atom stereocenters. The Morgan fingerprint density at radius 3 is 2.38 bits per heavy atom. The number of hydrogen-bond acceptors (Lipinski definition) is 4. The minimum absolute atomic E-state index is 0.111. The van der Waals surface area contributed by atoms with Crippen molar-refractivity contribution in [3.63, 3.8) is 0 Å². The van der Waals surface area contributed by atoms with Crippen molar-refractivity contribution >= 4 is 11.8 Å². The van der Waals surface area contributed by atoms with Gasteiger partial charge < -0.3 is 9.47 Å². The Labute approximate surface area is 176 Å². The Balaban J connectivity index is 1.41. The second kappa shape index (κ2) is 7.98. The van der Waals surface area contributed by atoms with Crippen molar-refractivity contribution < 1.29 is 19.1 Å². The van der Waals surface area contributed by atoms with Crippen molar-refractivity contribution in [3.8, 4) is 0 Å². The molecule has 4 aliphatic carbocycles. The maximum Gasteiger partial charge on any atom is 0.307 e. The maximum atomic E-state index is 12.3. The van der Waals surface area contributed by atoms with Gasteiger partial charge in [0.1, 0.15) is 5.78 Å². The van der Waals surface area contributed by atoms with E-state index < -0.39 is 0 Å². The Hall–Kier alpha value is -0.900. The Morgan fingerprint density at radius 2 is 1.66 bits per heavy atom. The molecule has 4 nitrogen and oxygen atoms in total. The summed E-state index contributed by atoms with van der Waals surface area (Å²) in [5.41, 5.74) is 0.665. The number of Topliss-reactive ketones (excluding diaryl/α,β-unsaturated/α-hetero) is 1. The first-order chi connectivity index (χ1) is 13.8. The zero-order chi connectivity index (χ0) is 20.8. The van der Waals surface area contributed by atoms with Gasteiger partial charge in [-0.05, 0) is 99.2 Å². The van der Waals surface area contributed by atoms with E-state index in [9.17, 15) is 9.59 Å². The molecule has 0 aromatic carbocycles. The molecule has 0 radical (unpaired) electrons. The van der Waals surface area contributed by atoms with Crippen LogP contribution < -0.4 is 0 Å². The monoisotopic (exact) mass is 404 g/mol. The zero-order valence-electron chi connectivity index (χ0n) is 18.9. The molecule has 0 aliphatic heterocycles. The van der Waals surface area contributed by atoms with Gasteiger partial charge >= 0.3 is 5.97 Å². The summed E-state index contributed by atoms with van der Waals surface area (Å²) in [4.78, 5) is 23.6. The van der Waals surface area contributed by atoms with Crippen LogP contribution in [0.25, 0.3) is 0 Å². The first kappa shape index (κ1) is 21.3. The number of rotatable bonds is 5. The lowest BCUT2D eigenvalue weighted by atomic mass is 9.44. The Morgan fingerprint density at radius 1 is 0.931 bits per heavy atom. The third-order valence-corrected chi connectivity index (χ3v) is 9.92. The molecular formula is C25H40O4. The van der Waals surface area contributed by atoms with Gasteiger partial charge in [-0.25, -0.2) is 0 Å². The molecule has 0 saturated heterocycles. The lowest BCUT2D eigenvalue weighted by Gasteiger charge is -2.61. The number of carbonyl (C=O) groups excluding carboxylic acids is 2. The van der Waals surface area contributed by atoms with E-state index in [1.165, 1.54) is 38.5 Å². The average Bonchev–Trinajstić information content (AvgIpc) is 3.05. The van der Waals surface area contributed by atoms with E-state index >= 15 is 0 Å². The summed E-state index contributed by atoms with van der Waals surface area (Å²) in [5.74, 6) is 3.63. The molecule has 4 heteroatoms. The molecule has 4 saturated carbocycles. The van der Waals surface area contributed by atoms with E-state index in [-0.39, 0.29) is 24.3 Å². The van der Waals surface area contributed by atoms with E-state index in [0.717, 1.165) is 42.9 Å². The van der Waals surface area contributed by atoms with Crippen LogP contribution in [0.15, 0.2) is 0 Å². The van der Waals surface area contributed by atoms with Crippen LogP contribution in [0.5, 0.6) is 0 Å². The SMILES string of the molecule is CCC(=O)OCO[C@@H]1CC[C@@]2(C)[C@@H](CC[C@@H]3[C@@H]2CC[C@]2(C)C(C(C)=O)CC[C@@H]32)C1. The van der Waals surface area contributed by atoms with Crippen molar-refractivity contribution in [2.45, 2.75) is 98.0 Å². The van der Waals surface area contributed by atoms with Crippen molar-refractivity contribution in [2.24, 2.45) is 40.4 Å². The standard InChI is InChI=1S/C25H40O4/c1-5-23(27)29-15-28-18-10-12-24(3)17(14-18)6-7-19-21-9-8-20(16(2)26)25(21,4)13-11-22(19)24/h17-22H,5-15H2,1-4H3/t17-,18+,19-,20?,21-,22-,24-,25+/m0/s1. The largest absolute Gasteiger partial charge is 0.438 e. The fourth-order valence-corrected chi connectivity index (χ4v) is 8.34. The quantitative estimate of drug-likeness (QED) is 0.446. The average molecular weight is 405 g/mol. The minimum Gasteiger partial charge on any atom is -0.438 e. The van der Waals surface area contributed by atoms with Crippen LogP contribution in [0.4, 0.5) is 0 Å². The fourth-order valence-electron chi connectivity index (χ4n) is 8.34. The van der Waals surface area contributed by atoms with Gasteiger partial charge in [0.25, 0.3) is 0 Å². The van der Waals surface area contributed by atoms with Crippen molar-refractivity contribution in [2.75, 3.05) is 6.79 Å². The first-order valence-corrected chi connectivity index (χ1v) is 12.1. The van der Waals surface area contributed by atoms with E-state index in [1.54, 1.807) is 0 Å². The van der Waals surface area contributed by atoms with E-state index in [0.29, 0.717) is 23.5 Å². The van der Waals surface area contributed by atoms with Crippen LogP contribution >= 0.6 is 0 Å². The number of carbonyl (C=O) groups is 2. The predicted molar refractivity (Wildman–Crippen MR) is 112 cm³/mol. The van der Waals surface area contributed by atoms with Gasteiger partial charge in [-0.15, -0.1) is 0 Å². The second-order valence-corrected chi connectivity index (χ2v) is 11.0. The molecule has 0 N–H and O–H groups in total. The highest BCUT2D eigenvalue weighted by Crippen LogP contribution is 2.67. The normalized spacial score (nSPS) is 46.3. The molecule has 0 aromatic heterocycles. The van der Waals surface area contributed by atoms with Gasteiger partial charge in [0.15, 0.2) is 6.79 Å². The third kappa shape index (κ3) is 3.58. The first-order valence-electron chi connectivity index (χ1n) is 12.1. The topological polar surface area (TPSA) is 52.6 Å². The summed E-state index contributed by atoms with van der Waals surface area (Å²) in [7, 11) is 0. The second-order valence-electron chi connectivity index (χ2n) is 11.0. The van der Waals surface area contributed by atoms with Gasteiger partial charge in [-0.1, -0.05) is 20.8 Å². The molecule has 0 heterocycles. The summed E-state index contributed by atoms with van der Waals surface area (Å²) >= 11 is 0.